The molecule has 1 aliphatic rings. The number of aryl methyl sites for hydroxylation is 1. The van der Waals surface area contributed by atoms with Gasteiger partial charge in [-0.15, -0.1) is 0 Å². The Balaban J connectivity index is 1.63. The molecular weight excluding hydrogens is 268 g/mol. The summed E-state index contributed by atoms with van der Waals surface area (Å²) in [6.07, 6.45) is 1.05. The van der Waals surface area contributed by atoms with E-state index in [9.17, 15) is 4.79 Å². The minimum atomic E-state index is 0.0111. The van der Waals surface area contributed by atoms with E-state index in [1.54, 1.807) is 11.3 Å². The van der Waals surface area contributed by atoms with E-state index in [-0.39, 0.29) is 6.03 Å². The summed E-state index contributed by atoms with van der Waals surface area (Å²) in [5, 5.41) is 7.30. The van der Waals surface area contributed by atoms with Crippen LogP contribution in [-0.2, 0) is 0 Å². The van der Waals surface area contributed by atoms with Crippen molar-refractivity contribution < 1.29 is 4.79 Å². The van der Waals surface area contributed by atoms with Crippen LogP contribution in [0.4, 0.5) is 10.5 Å². The number of carbonyl (C=O) groups excluding carboxylic acids is 1. The molecule has 3 rings (SSSR count). The summed E-state index contributed by atoms with van der Waals surface area (Å²) in [7, 11) is 0. The molecule has 2 aromatic rings. The highest BCUT2D eigenvalue weighted by Crippen LogP contribution is 2.29. The summed E-state index contributed by atoms with van der Waals surface area (Å²) in [4.78, 5) is 14.2. The average Bonchev–Trinajstić information content (AvgIpc) is 3.11. The molecule has 0 radical (unpaired) electrons. The molecule has 1 saturated heterocycles. The second-order valence-electron chi connectivity index (χ2n) is 5.23. The molecule has 1 unspecified atom stereocenters. The molecule has 2 amide bonds. The molecule has 0 spiro atoms. The number of likely N-dealkylation sites (tertiary alicyclic amines) is 1. The predicted octanol–water partition coefficient (Wildman–Crippen LogP) is 4.08. The van der Waals surface area contributed by atoms with E-state index in [2.05, 4.69) is 22.1 Å². The third kappa shape index (κ3) is 2.70. The van der Waals surface area contributed by atoms with Gasteiger partial charge < -0.3 is 10.2 Å². The monoisotopic (exact) mass is 286 g/mol. The zero-order valence-corrected chi connectivity index (χ0v) is 12.3. The fourth-order valence-electron chi connectivity index (χ4n) is 2.63. The number of nitrogens with one attached hydrogen (secondary N) is 1. The molecule has 0 saturated carbocycles. The number of benzene rings is 1. The average molecular weight is 286 g/mol. The highest BCUT2D eigenvalue weighted by molar-refractivity contribution is 7.07. The van der Waals surface area contributed by atoms with Gasteiger partial charge in [-0.05, 0) is 47.4 Å². The number of amides is 2. The molecule has 3 nitrogen and oxygen atoms in total. The Kier molecular flexibility index (Phi) is 3.74. The van der Waals surface area contributed by atoms with E-state index >= 15 is 0 Å². The quantitative estimate of drug-likeness (QED) is 0.886. The normalized spacial score (nSPS) is 18.2. The summed E-state index contributed by atoms with van der Waals surface area (Å²) < 4.78 is 0. The number of carbonyl (C=O) groups is 1. The van der Waals surface area contributed by atoms with Crippen molar-refractivity contribution in [1.82, 2.24) is 4.90 Å². The first kappa shape index (κ1) is 13.2. The molecule has 2 heterocycles. The Hall–Kier alpha value is -1.81. The molecule has 1 aromatic carbocycles. The van der Waals surface area contributed by atoms with Gasteiger partial charge in [0.1, 0.15) is 0 Å². The number of para-hydroxylation sites is 1. The SMILES string of the molecule is Cc1ccccc1NC(=O)N1CCC(c2ccsc2)C1. The van der Waals surface area contributed by atoms with Crippen LogP contribution < -0.4 is 5.32 Å². The molecule has 1 aliphatic heterocycles. The van der Waals surface area contributed by atoms with E-state index in [1.807, 2.05) is 36.1 Å². The molecular formula is C16H18N2OS. The second-order valence-corrected chi connectivity index (χ2v) is 6.01. The van der Waals surface area contributed by atoms with Gasteiger partial charge in [0, 0.05) is 24.7 Å². The van der Waals surface area contributed by atoms with E-state index in [4.69, 9.17) is 0 Å². The van der Waals surface area contributed by atoms with Crippen molar-refractivity contribution in [3.63, 3.8) is 0 Å². The summed E-state index contributed by atoms with van der Waals surface area (Å²) in [6.45, 7) is 3.65. The van der Waals surface area contributed by atoms with Gasteiger partial charge in [0.05, 0.1) is 0 Å². The van der Waals surface area contributed by atoms with Crippen molar-refractivity contribution >= 4 is 23.1 Å². The number of thiophene rings is 1. The van der Waals surface area contributed by atoms with Gasteiger partial charge in [-0.1, -0.05) is 18.2 Å². The zero-order valence-electron chi connectivity index (χ0n) is 11.5. The van der Waals surface area contributed by atoms with Crippen LogP contribution in [0.5, 0.6) is 0 Å². The lowest BCUT2D eigenvalue weighted by Gasteiger charge is -2.18. The molecule has 20 heavy (non-hydrogen) atoms. The summed E-state index contributed by atoms with van der Waals surface area (Å²) in [5.41, 5.74) is 3.35. The van der Waals surface area contributed by atoms with Gasteiger partial charge in [0.25, 0.3) is 0 Å². The fourth-order valence-corrected chi connectivity index (χ4v) is 3.37. The first-order valence-corrected chi connectivity index (χ1v) is 7.82. The number of hydrogen-bond donors (Lipinski definition) is 1. The Labute approximate surface area is 123 Å². The van der Waals surface area contributed by atoms with Crippen LogP contribution in [0.2, 0.25) is 0 Å². The van der Waals surface area contributed by atoms with E-state index in [1.165, 1.54) is 5.56 Å². The standard InChI is InChI=1S/C16H18N2OS/c1-12-4-2-3-5-15(12)17-16(19)18-8-6-13(10-18)14-7-9-20-11-14/h2-5,7,9,11,13H,6,8,10H2,1H3,(H,17,19). The minimum absolute atomic E-state index is 0.0111. The lowest BCUT2D eigenvalue weighted by atomic mass is 10.0. The van der Waals surface area contributed by atoms with Crippen molar-refractivity contribution in [2.24, 2.45) is 0 Å². The molecule has 104 valence electrons. The summed E-state index contributed by atoms with van der Waals surface area (Å²) in [5.74, 6) is 0.490. The molecule has 4 heteroatoms. The van der Waals surface area contributed by atoms with Crippen LogP contribution >= 0.6 is 11.3 Å². The Bertz CT molecular complexity index is 594. The lowest BCUT2D eigenvalue weighted by Crippen LogP contribution is -2.33. The van der Waals surface area contributed by atoms with Gasteiger partial charge in [-0.3, -0.25) is 0 Å². The second kappa shape index (κ2) is 5.67. The number of hydrogen-bond acceptors (Lipinski definition) is 2. The van der Waals surface area contributed by atoms with E-state index < -0.39 is 0 Å². The Morgan fingerprint density at radius 1 is 1.35 bits per heavy atom. The maximum absolute atomic E-state index is 12.3. The van der Waals surface area contributed by atoms with Crippen molar-refractivity contribution in [3.05, 3.63) is 52.2 Å². The number of anilines is 1. The summed E-state index contributed by atoms with van der Waals surface area (Å²) >= 11 is 1.72. The molecule has 1 aromatic heterocycles. The highest BCUT2D eigenvalue weighted by atomic mass is 32.1. The van der Waals surface area contributed by atoms with Crippen LogP contribution in [0.3, 0.4) is 0 Å². The fraction of sp³-hybridized carbons (Fsp3) is 0.312. The van der Waals surface area contributed by atoms with E-state index in [0.29, 0.717) is 5.92 Å². The van der Waals surface area contributed by atoms with Crippen LogP contribution in [0.15, 0.2) is 41.1 Å². The van der Waals surface area contributed by atoms with Crippen LogP contribution in [-0.4, -0.2) is 24.0 Å². The molecule has 1 fully saturated rings. The van der Waals surface area contributed by atoms with Crippen molar-refractivity contribution in [3.8, 4) is 0 Å². The third-order valence-electron chi connectivity index (χ3n) is 3.88. The maximum atomic E-state index is 12.3. The third-order valence-corrected chi connectivity index (χ3v) is 4.58. The number of rotatable bonds is 2. The van der Waals surface area contributed by atoms with Crippen molar-refractivity contribution in [2.45, 2.75) is 19.3 Å². The Morgan fingerprint density at radius 3 is 2.95 bits per heavy atom. The number of nitrogens with zero attached hydrogens (tertiary/aromatic N) is 1. The van der Waals surface area contributed by atoms with Gasteiger partial charge >= 0.3 is 6.03 Å². The first-order valence-electron chi connectivity index (χ1n) is 6.87. The van der Waals surface area contributed by atoms with Crippen LogP contribution in [0.25, 0.3) is 0 Å². The lowest BCUT2D eigenvalue weighted by molar-refractivity contribution is 0.222. The minimum Gasteiger partial charge on any atom is -0.324 e. The molecule has 1 atom stereocenters. The molecule has 0 aliphatic carbocycles. The van der Waals surface area contributed by atoms with Gasteiger partial charge in [0.2, 0.25) is 0 Å². The number of urea groups is 1. The van der Waals surface area contributed by atoms with Crippen LogP contribution in [0.1, 0.15) is 23.5 Å². The smallest absolute Gasteiger partial charge is 0.321 e. The molecule has 0 bridgehead atoms. The van der Waals surface area contributed by atoms with Gasteiger partial charge in [-0.25, -0.2) is 4.79 Å². The summed E-state index contributed by atoms with van der Waals surface area (Å²) in [6, 6.07) is 10.1. The molecule has 1 N–H and O–H groups in total. The van der Waals surface area contributed by atoms with Gasteiger partial charge in [0.15, 0.2) is 0 Å². The highest BCUT2D eigenvalue weighted by Gasteiger charge is 2.27. The van der Waals surface area contributed by atoms with Crippen molar-refractivity contribution in [1.29, 1.82) is 0 Å². The zero-order chi connectivity index (χ0) is 13.9. The predicted molar refractivity (Wildman–Crippen MR) is 83.4 cm³/mol. The van der Waals surface area contributed by atoms with E-state index in [0.717, 1.165) is 30.8 Å². The largest absolute Gasteiger partial charge is 0.324 e. The van der Waals surface area contributed by atoms with Crippen molar-refractivity contribution in [2.75, 3.05) is 18.4 Å². The first-order chi connectivity index (χ1) is 9.74. The topological polar surface area (TPSA) is 32.3 Å². The maximum Gasteiger partial charge on any atom is 0.321 e. The Morgan fingerprint density at radius 2 is 2.20 bits per heavy atom. The van der Waals surface area contributed by atoms with Gasteiger partial charge in [-0.2, -0.15) is 11.3 Å². The van der Waals surface area contributed by atoms with Crippen LogP contribution in [0, 0.1) is 6.92 Å².